The summed E-state index contributed by atoms with van der Waals surface area (Å²) in [6.07, 6.45) is 2.88. The number of rotatable bonds is 1. The second kappa shape index (κ2) is 6.33. The third kappa shape index (κ3) is 2.72. The summed E-state index contributed by atoms with van der Waals surface area (Å²) >= 11 is 0. The summed E-state index contributed by atoms with van der Waals surface area (Å²) in [5.74, 6) is 0.140. The predicted octanol–water partition coefficient (Wildman–Crippen LogP) is 4.84. The molecule has 0 fully saturated rings. The summed E-state index contributed by atoms with van der Waals surface area (Å²) in [6.45, 7) is 6.05. The van der Waals surface area contributed by atoms with Gasteiger partial charge in [0.05, 0.1) is 0 Å². The molecule has 2 aromatic carbocycles. The van der Waals surface area contributed by atoms with E-state index in [-0.39, 0.29) is 5.78 Å². The fourth-order valence-electron chi connectivity index (χ4n) is 2.35. The van der Waals surface area contributed by atoms with Crippen LogP contribution in [-0.2, 0) is 6.42 Å². The maximum absolute atomic E-state index is 12.4. The normalized spacial score (nSPS) is 12.9. The largest absolute Gasteiger partial charge is 0.289 e. The molecule has 0 saturated heterocycles. The minimum atomic E-state index is 0.140. The summed E-state index contributed by atoms with van der Waals surface area (Å²) in [7, 11) is 0. The molecule has 0 N–H and O–H groups in total. The van der Waals surface area contributed by atoms with Crippen LogP contribution in [0.15, 0.2) is 54.6 Å². The van der Waals surface area contributed by atoms with Crippen LogP contribution in [0.4, 0.5) is 0 Å². The summed E-state index contributed by atoms with van der Waals surface area (Å²) in [4.78, 5) is 12.4. The molecule has 0 atom stereocenters. The van der Waals surface area contributed by atoms with Crippen molar-refractivity contribution < 1.29 is 4.79 Å². The van der Waals surface area contributed by atoms with Crippen LogP contribution >= 0.6 is 0 Å². The van der Waals surface area contributed by atoms with Crippen LogP contribution < -0.4 is 0 Å². The van der Waals surface area contributed by atoms with Crippen molar-refractivity contribution >= 4 is 11.4 Å². The Labute approximate surface area is 121 Å². The Morgan fingerprint density at radius 3 is 2.25 bits per heavy atom. The van der Waals surface area contributed by atoms with Crippen LogP contribution in [0.2, 0.25) is 0 Å². The number of hydrogen-bond acceptors (Lipinski definition) is 1. The molecule has 0 unspecified atom stereocenters. The maximum atomic E-state index is 12.4. The molecule has 0 spiro atoms. The molecule has 1 aliphatic rings. The highest BCUT2D eigenvalue weighted by Gasteiger charge is 2.20. The Balaban J connectivity index is 0.000000704. The van der Waals surface area contributed by atoms with E-state index in [1.54, 1.807) is 0 Å². The third-order valence-electron chi connectivity index (χ3n) is 3.40. The van der Waals surface area contributed by atoms with Crippen molar-refractivity contribution in [2.75, 3.05) is 0 Å². The molecule has 1 heteroatoms. The van der Waals surface area contributed by atoms with Gasteiger partial charge in [0.1, 0.15) is 0 Å². The van der Waals surface area contributed by atoms with Crippen LogP contribution in [0.1, 0.15) is 40.9 Å². The number of hydrogen-bond donors (Lipinski definition) is 0. The lowest BCUT2D eigenvalue weighted by molar-refractivity contribution is 0.105. The van der Waals surface area contributed by atoms with Gasteiger partial charge in [-0.2, -0.15) is 0 Å². The topological polar surface area (TPSA) is 17.1 Å². The number of allylic oxidation sites excluding steroid dienone is 2. The summed E-state index contributed by atoms with van der Waals surface area (Å²) in [6, 6.07) is 16.0. The van der Waals surface area contributed by atoms with E-state index in [0.29, 0.717) is 0 Å². The van der Waals surface area contributed by atoms with Gasteiger partial charge in [0, 0.05) is 11.1 Å². The molecule has 0 heterocycles. The predicted molar refractivity (Wildman–Crippen MR) is 85.0 cm³/mol. The van der Waals surface area contributed by atoms with Crippen molar-refractivity contribution in [3.63, 3.8) is 0 Å². The highest BCUT2D eigenvalue weighted by molar-refractivity contribution is 6.30. The van der Waals surface area contributed by atoms with Crippen molar-refractivity contribution in [2.45, 2.75) is 27.2 Å². The van der Waals surface area contributed by atoms with E-state index in [1.165, 1.54) is 5.56 Å². The molecule has 102 valence electrons. The first-order valence-corrected chi connectivity index (χ1v) is 7.15. The highest BCUT2D eigenvalue weighted by atomic mass is 16.1. The van der Waals surface area contributed by atoms with Gasteiger partial charge >= 0.3 is 0 Å². The van der Waals surface area contributed by atoms with E-state index in [2.05, 4.69) is 6.92 Å². The molecule has 3 rings (SSSR count). The quantitative estimate of drug-likeness (QED) is 0.720. The smallest absolute Gasteiger partial charge is 0.193 e. The molecule has 0 aliphatic heterocycles. The van der Waals surface area contributed by atoms with Gasteiger partial charge in [0.25, 0.3) is 0 Å². The first-order chi connectivity index (χ1) is 9.75. The number of carbonyl (C=O) groups is 1. The minimum Gasteiger partial charge on any atom is -0.289 e. The summed E-state index contributed by atoms with van der Waals surface area (Å²) in [5.41, 5.74) is 5.02. The lowest BCUT2D eigenvalue weighted by Gasteiger charge is -2.16. The van der Waals surface area contributed by atoms with Gasteiger partial charge in [-0.05, 0) is 24.5 Å². The molecule has 0 amide bonds. The van der Waals surface area contributed by atoms with Crippen LogP contribution in [0.5, 0.6) is 0 Å². The number of carbonyl (C=O) groups excluding carboxylic acids is 1. The summed E-state index contributed by atoms with van der Waals surface area (Å²) in [5, 5.41) is 0. The molecule has 1 nitrogen and oxygen atoms in total. The zero-order chi connectivity index (χ0) is 14.5. The van der Waals surface area contributed by atoms with Crippen LogP contribution in [0, 0.1) is 6.92 Å². The van der Waals surface area contributed by atoms with Crippen molar-refractivity contribution in [3.05, 3.63) is 76.9 Å². The van der Waals surface area contributed by atoms with Crippen molar-refractivity contribution in [1.29, 1.82) is 0 Å². The van der Waals surface area contributed by atoms with Gasteiger partial charge in [-0.25, -0.2) is 0 Å². The molecule has 0 radical (unpaired) electrons. The van der Waals surface area contributed by atoms with Crippen LogP contribution in [-0.4, -0.2) is 5.78 Å². The molecule has 2 aromatic rings. The maximum Gasteiger partial charge on any atom is 0.193 e. The number of benzene rings is 2. The molecule has 0 saturated carbocycles. The molecule has 1 aliphatic carbocycles. The first kappa shape index (κ1) is 14.3. The molecular weight excluding hydrogens is 244 g/mol. The number of ketones is 1. The van der Waals surface area contributed by atoms with Gasteiger partial charge in [0.15, 0.2) is 5.78 Å². The van der Waals surface area contributed by atoms with E-state index in [4.69, 9.17) is 0 Å². The number of Topliss-reactive ketones (excluding diaryl/α,β-unsaturated/α-hetero) is 1. The van der Waals surface area contributed by atoms with Crippen LogP contribution in [0.3, 0.4) is 0 Å². The van der Waals surface area contributed by atoms with Gasteiger partial charge in [-0.1, -0.05) is 74.0 Å². The van der Waals surface area contributed by atoms with Crippen molar-refractivity contribution in [1.82, 2.24) is 0 Å². The van der Waals surface area contributed by atoms with E-state index >= 15 is 0 Å². The highest BCUT2D eigenvalue weighted by Crippen LogP contribution is 2.27. The van der Waals surface area contributed by atoms with Gasteiger partial charge in [-0.15, -0.1) is 0 Å². The molecule has 0 aromatic heterocycles. The van der Waals surface area contributed by atoms with E-state index in [9.17, 15) is 4.79 Å². The Morgan fingerprint density at radius 2 is 1.55 bits per heavy atom. The third-order valence-corrected chi connectivity index (χ3v) is 3.40. The van der Waals surface area contributed by atoms with Gasteiger partial charge < -0.3 is 0 Å². The molecular formula is C19H20O. The van der Waals surface area contributed by atoms with Crippen molar-refractivity contribution in [3.8, 4) is 0 Å². The van der Waals surface area contributed by atoms with E-state index < -0.39 is 0 Å². The molecule has 0 bridgehead atoms. The number of aryl methyl sites for hydroxylation is 1. The van der Waals surface area contributed by atoms with Crippen LogP contribution in [0.25, 0.3) is 5.57 Å². The second-order valence-electron chi connectivity index (χ2n) is 4.67. The molecule has 20 heavy (non-hydrogen) atoms. The second-order valence-corrected chi connectivity index (χ2v) is 4.67. The fourth-order valence-corrected chi connectivity index (χ4v) is 2.35. The lowest BCUT2D eigenvalue weighted by atomic mass is 9.87. The Morgan fingerprint density at radius 1 is 0.900 bits per heavy atom. The zero-order valence-electron chi connectivity index (χ0n) is 12.3. The fraction of sp³-hybridized carbons (Fsp3) is 0.211. The van der Waals surface area contributed by atoms with Gasteiger partial charge in [-0.3, -0.25) is 4.79 Å². The minimum absolute atomic E-state index is 0.140. The Kier molecular flexibility index (Phi) is 4.52. The van der Waals surface area contributed by atoms with Gasteiger partial charge in [0.2, 0.25) is 0 Å². The Bertz CT molecular complexity index is 633. The lowest BCUT2D eigenvalue weighted by Crippen LogP contribution is -2.11. The first-order valence-electron chi connectivity index (χ1n) is 7.15. The average Bonchev–Trinajstić information content (AvgIpc) is 2.51. The zero-order valence-corrected chi connectivity index (χ0v) is 12.3. The summed E-state index contributed by atoms with van der Waals surface area (Å²) < 4.78 is 0. The van der Waals surface area contributed by atoms with Crippen molar-refractivity contribution in [2.24, 2.45) is 0 Å². The SMILES string of the molecule is CC.Cc1ccc(C2=CCc3ccccc3C2=O)cc1. The standard InChI is InChI=1S/C17H14O.C2H6/c1-12-6-8-14(9-7-12)16-11-10-13-4-2-3-5-15(13)17(16)18;1-2/h2-9,11H,10H2,1H3;1-2H3. The Hall–Kier alpha value is -2.15. The monoisotopic (exact) mass is 264 g/mol. The average molecular weight is 264 g/mol. The van der Waals surface area contributed by atoms with E-state index in [1.807, 2.05) is 68.5 Å². The van der Waals surface area contributed by atoms with E-state index in [0.717, 1.165) is 28.7 Å². The number of fused-ring (bicyclic) bond motifs is 1.